The molecule has 1 atom stereocenters. The number of rotatable bonds is 3. The van der Waals surface area contributed by atoms with Crippen LogP contribution in [0.25, 0.3) is 10.9 Å². The van der Waals surface area contributed by atoms with Crippen LogP contribution in [0.5, 0.6) is 0 Å². The van der Waals surface area contributed by atoms with Crippen molar-refractivity contribution in [2.24, 2.45) is 0 Å². The van der Waals surface area contributed by atoms with Gasteiger partial charge in [0.1, 0.15) is 11.4 Å². The van der Waals surface area contributed by atoms with Crippen molar-refractivity contribution in [3.63, 3.8) is 0 Å². The van der Waals surface area contributed by atoms with Crippen LogP contribution in [-0.2, 0) is 4.74 Å². The molecule has 2 aromatic rings. The van der Waals surface area contributed by atoms with Crippen molar-refractivity contribution >= 4 is 38.8 Å². The molecule has 0 radical (unpaired) electrons. The molecule has 0 spiro atoms. The number of piperazine rings is 1. The van der Waals surface area contributed by atoms with Crippen LogP contribution in [0, 0.1) is 12.7 Å². The fraction of sp³-hybridized carbons (Fsp3) is 0.524. The van der Waals surface area contributed by atoms with E-state index in [-0.39, 0.29) is 31.2 Å². The minimum Gasteiger partial charge on any atom is -0.444 e. The molecule has 1 aliphatic rings. The molecule has 2 heterocycles. The molecule has 0 saturated carbocycles. The third-order valence-corrected chi connectivity index (χ3v) is 5.83. The molecule has 1 aromatic heterocycles. The third-order valence-electron chi connectivity index (χ3n) is 5.03. The average molecular weight is 484 g/mol. The Hall–Kier alpha value is -2.13. The van der Waals surface area contributed by atoms with Crippen molar-refractivity contribution in [3.8, 4) is 0 Å². The lowest BCUT2D eigenvalue weighted by Crippen LogP contribution is -2.57. The summed E-state index contributed by atoms with van der Waals surface area (Å²) < 4.78 is 20.2. The van der Waals surface area contributed by atoms with Crippen molar-refractivity contribution in [2.45, 2.75) is 45.8 Å². The lowest BCUT2D eigenvalue weighted by Gasteiger charge is -2.41. The largest absolute Gasteiger partial charge is 0.444 e. The summed E-state index contributed by atoms with van der Waals surface area (Å²) in [6.45, 7) is 7.89. The standard InChI is InChI=1S/C21H27BrFN3O4/c1-12-9-14-17(22)16(23)10-15(18(14)24-12)19(28)26-7-6-25(11-13(26)5-8-27)20(29)30-21(2,3)4/h9-10,13,24,27H,5-8,11H2,1-4H3. The van der Waals surface area contributed by atoms with Crippen LogP contribution < -0.4 is 0 Å². The van der Waals surface area contributed by atoms with Gasteiger partial charge in [0.15, 0.2) is 0 Å². The maximum Gasteiger partial charge on any atom is 0.410 e. The zero-order chi connectivity index (χ0) is 22.2. The molecule has 0 aliphatic carbocycles. The van der Waals surface area contributed by atoms with E-state index >= 15 is 0 Å². The van der Waals surface area contributed by atoms with E-state index in [0.29, 0.717) is 28.3 Å². The second-order valence-electron chi connectivity index (χ2n) is 8.55. The predicted molar refractivity (Wildman–Crippen MR) is 115 cm³/mol. The number of H-pyrrole nitrogens is 1. The molecule has 30 heavy (non-hydrogen) atoms. The maximum atomic E-state index is 14.5. The molecule has 3 rings (SSSR count). The summed E-state index contributed by atoms with van der Waals surface area (Å²) >= 11 is 3.25. The van der Waals surface area contributed by atoms with Crippen LogP contribution in [0.1, 0.15) is 43.2 Å². The van der Waals surface area contributed by atoms with E-state index in [1.54, 1.807) is 36.6 Å². The van der Waals surface area contributed by atoms with E-state index in [4.69, 9.17) is 4.74 Å². The highest BCUT2D eigenvalue weighted by atomic mass is 79.9. The van der Waals surface area contributed by atoms with Crippen molar-refractivity contribution in [2.75, 3.05) is 26.2 Å². The zero-order valence-electron chi connectivity index (χ0n) is 17.6. The molecular formula is C21H27BrFN3O4. The number of ether oxygens (including phenoxy) is 1. The van der Waals surface area contributed by atoms with Crippen LogP contribution in [0.3, 0.4) is 0 Å². The number of fused-ring (bicyclic) bond motifs is 1. The molecule has 1 fully saturated rings. The molecule has 2 N–H and O–H groups in total. The smallest absolute Gasteiger partial charge is 0.410 e. The van der Waals surface area contributed by atoms with Gasteiger partial charge in [-0.2, -0.15) is 0 Å². The van der Waals surface area contributed by atoms with Gasteiger partial charge in [0.2, 0.25) is 0 Å². The summed E-state index contributed by atoms with van der Waals surface area (Å²) in [6.07, 6.45) is -0.147. The second kappa shape index (κ2) is 8.55. The Bertz CT molecular complexity index is 969. The Labute approximate surface area is 183 Å². The Kier molecular flexibility index (Phi) is 6.43. The summed E-state index contributed by atoms with van der Waals surface area (Å²) in [5.74, 6) is -0.855. The first-order valence-corrected chi connectivity index (χ1v) is 10.7. The minimum absolute atomic E-state index is 0.137. The normalized spacial score (nSPS) is 17.5. The van der Waals surface area contributed by atoms with Crippen LogP contribution in [0.2, 0.25) is 0 Å². The van der Waals surface area contributed by atoms with Gasteiger partial charge in [-0.15, -0.1) is 0 Å². The molecule has 164 valence electrons. The first-order chi connectivity index (χ1) is 14.0. The number of aromatic nitrogens is 1. The third kappa shape index (κ3) is 4.62. The number of nitrogens with one attached hydrogen (secondary N) is 1. The molecule has 9 heteroatoms. The number of hydrogen-bond acceptors (Lipinski definition) is 4. The lowest BCUT2D eigenvalue weighted by atomic mass is 10.0. The number of aliphatic hydroxyl groups is 1. The highest BCUT2D eigenvalue weighted by molar-refractivity contribution is 9.10. The van der Waals surface area contributed by atoms with Crippen molar-refractivity contribution in [1.29, 1.82) is 0 Å². The summed E-state index contributed by atoms with van der Waals surface area (Å²) in [5, 5.41) is 10.1. The van der Waals surface area contributed by atoms with E-state index in [1.807, 2.05) is 6.92 Å². The fourth-order valence-corrected chi connectivity index (χ4v) is 4.13. The van der Waals surface area contributed by atoms with Crippen LogP contribution in [0.4, 0.5) is 9.18 Å². The maximum absolute atomic E-state index is 14.5. The topological polar surface area (TPSA) is 85.9 Å². The highest BCUT2D eigenvalue weighted by Gasteiger charge is 2.35. The SMILES string of the molecule is Cc1cc2c(Br)c(F)cc(C(=O)N3CCN(C(=O)OC(C)(C)C)CC3CCO)c2[nH]1. The summed E-state index contributed by atoms with van der Waals surface area (Å²) in [4.78, 5) is 32.1. The Morgan fingerprint density at radius 2 is 2.03 bits per heavy atom. The van der Waals surface area contributed by atoms with Crippen LogP contribution in [0.15, 0.2) is 16.6 Å². The number of aryl methyl sites for hydroxylation is 1. The van der Waals surface area contributed by atoms with Gasteiger partial charge < -0.3 is 24.6 Å². The molecule has 1 unspecified atom stereocenters. The van der Waals surface area contributed by atoms with Crippen molar-refractivity contribution in [3.05, 3.63) is 33.7 Å². The monoisotopic (exact) mass is 483 g/mol. The van der Waals surface area contributed by atoms with Crippen LogP contribution in [-0.4, -0.2) is 69.8 Å². The minimum atomic E-state index is -0.622. The summed E-state index contributed by atoms with van der Waals surface area (Å²) in [6, 6.07) is 2.60. The predicted octanol–water partition coefficient (Wildman–Crippen LogP) is 3.82. The number of hydrogen-bond donors (Lipinski definition) is 2. The summed E-state index contributed by atoms with van der Waals surface area (Å²) in [7, 11) is 0. The number of nitrogens with zero attached hydrogens (tertiary/aromatic N) is 2. The zero-order valence-corrected chi connectivity index (χ0v) is 19.2. The van der Waals surface area contributed by atoms with E-state index in [9.17, 15) is 19.1 Å². The number of benzene rings is 1. The molecule has 2 amide bonds. The Balaban J connectivity index is 1.88. The number of aliphatic hydroxyl groups excluding tert-OH is 1. The first-order valence-electron chi connectivity index (χ1n) is 9.89. The van der Waals surface area contributed by atoms with Gasteiger partial charge in [0, 0.05) is 37.3 Å². The van der Waals surface area contributed by atoms with Gasteiger partial charge >= 0.3 is 6.09 Å². The molecular weight excluding hydrogens is 457 g/mol. The number of carbonyl (C=O) groups excluding carboxylic acids is 2. The molecule has 1 aromatic carbocycles. The van der Waals surface area contributed by atoms with E-state index in [1.165, 1.54) is 6.07 Å². The molecule has 1 aliphatic heterocycles. The van der Waals surface area contributed by atoms with E-state index in [2.05, 4.69) is 20.9 Å². The second-order valence-corrected chi connectivity index (χ2v) is 9.34. The summed E-state index contributed by atoms with van der Waals surface area (Å²) in [5.41, 5.74) is 0.977. The van der Waals surface area contributed by atoms with Gasteiger partial charge in [0.25, 0.3) is 5.91 Å². The van der Waals surface area contributed by atoms with Gasteiger partial charge in [-0.1, -0.05) is 0 Å². The Morgan fingerprint density at radius 3 is 2.67 bits per heavy atom. The number of aromatic amines is 1. The van der Waals surface area contributed by atoms with E-state index in [0.717, 1.165) is 5.69 Å². The number of halogens is 2. The van der Waals surface area contributed by atoms with Crippen LogP contribution >= 0.6 is 15.9 Å². The van der Waals surface area contributed by atoms with Gasteiger partial charge in [0.05, 0.1) is 21.6 Å². The molecule has 0 bridgehead atoms. The number of amides is 2. The quantitative estimate of drug-likeness (QED) is 0.694. The van der Waals surface area contributed by atoms with Crippen molar-refractivity contribution < 1.29 is 23.8 Å². The van der Waals surface area contributed by atoms with Gasteiger partial charge in [-0.3, -0.25) is 4.79 Å². The van der Waals surface area contributed by atoms with Crippen molar-refractivity contribution in [1.82, 2.24) is 14.8 Å². The lowest BCUT2D eigenvalue weighted by molar-refractivity contribution is 0.00181. The molecule has 1 saturated heterocycles. The number of carbonyl (C=O) groups is 2. The highest BCUT2D eigenvalue weighted by Crippen LogP contribution is 2.32. The fourth-order valence-electron chi connectivity index (χ4n) is 3.70. The van der Waals surface area contributed by atoms with Gasteiger partial charge in [-0.25, -0.2) is 9.18 Å². The Morgan fingerprint density at radius 1 is 1.33 bits per heavy atom. The molecule has 7 nitrogen and oxygen atoms in total. The average Bonchev–Trinajstić information content (AvgIpc) is 3.05. The van der Waals surface area contributed by atoms with Gasteiger partial charge in [-0.05, 0) is 62.2 Å². The van der Waals surface area contributed by atoms with E-state index < -0.39 is 23.6 Å². The first kappa shape index (κ1) is 22.6.